The lowest BCUT2D eigenvalue weighted by atomic mass is 9.93. The number of carbonyl (C=O) groups excluding carboxylic acids is 1. The van der Waals surface area contributed by atoms with Crippen molar-refractivity contribution in [1.82, 2.24) is 15.1 Å². The number of nitrogens with zero attached hydrogens (tertiary/aromatic N) is 3. The molecule has 3 rings (SSSR count). The van der Waals surface area contributed by atoms with Gasteiger partial charge in [-0.3, -0.25) is 0 Å². The number of anilines is 1. The van der Waals surface area contributed by atoms with Crippen molar-refractivity contribution >= 4 is 11.9 Å². The van der Waals surface area contributed by atoms with Crippen molar-refractivity contribution < 1.29 is 22.7 Å². The van der Waals surface area contributed by atoms with Crippen LogP contribution in [0.15, 0.2) is 42.6 Å². The Kier molecular flexibility index (Phi) is 5.78. The minimum absolute atomic E-state index is 0.0319. The summed E-state index contributed by atoms with van der Waals surface area (Å²) in [6.07, 6.45) is 0.821. The molecule has 1 atom stereocenters. The van der Waals surface area contributed by atoms with E-state index in [2.05, 4.69) is 15.5 Å². The molecule has 1 aromatic carbocycles. The van der Waals surface area contributed by atoms with Gasteiger partial charge < -0.3 is 15.0 Å². The van der Waals surface area contributed by atoms with Crippen molar-refractivity contribution in [3.05, 3.63) is 54.0 Å². The molecule has 0 radical (unpaired) electrons. The summed E-state index contributed by atoms with van der Waals surface area (Å²) >= 11 is 0. The molecule has 2 heterocycles. The number of carbonyl (C=O) groups is 1. The van der Waals surface area contributed by atoms with Gasteiger partial charge in [0.05, 0.1) is 6.54 Å². The van der Waals surface area contributed by atoms with E-state index in [-0.39, 0.29) is 26.1 Å². The Morgan fingerprint density at radius 2 is 2.07 bits per heavy atom. The fourth-order valence-electron chi connectivity index (χ4n) is 2.83. The Labute approximate surface area is 154 Å². The predicted octanol–water partition coefficient (Wildman–Crippen LogP) is 3.32. The van der Waals surface area contributed by atoms with E-state index in [1.807, 2.05) is 0 Å². The topological polar surface area (TPSA) is 67.3 Å². The van der Waals surface area contributed by atoms with Gasteiger partial charge in [-0.05, 0) is 36.2 Å². The molecule has 144 valence electrons. The van der Waals surface area contributed by atoms with Crippen LogP contribution in [0.1, 0.15) is 12.0 Å². The number of ether oxygens (including phenoxy) is 1. The third-order valence-corrected chi connectivity index (χ3v) is 4.38. The zero-order valence-corrected chi connectivity index (χ0v) is 14.4. The number of piperidine rings is 1. The van der Waals surface area contributed by atoms with Crippen LogP contribution in [-0.2, 0) is 11.3 Å². The molecule has 27 heavy (non-hydrogen) atoms. The van der Waals surface area contributed by atoms with E-state index in [0.717, 1.165) is 4.90 Å². The van der Waals surface area contributed by atoms with Crippen LogP contribution in [0.3, 0.4) is 0 Å². The Morgan fingerprint density at radius 1 is 1.30 bits per heavy atom. The Hall–Kier alpha value is -2.84. The highest BCUT2D eigenvalue weighted by Crippen LogP contribution is 2.33. The second-order valence-electron chi connectivity index (χ2n) is 6.34. The predicted molar refractivity (Wildman–Crippen MR) is 91.7 cm³/mol. The number of hydrogen-bond acceptors (Lipinski definition) is 5. The van der Waals surface area contributed by atoms with E-state index in [4.69, 9.17) is 4.74 Å². The molecule has 2 aromatic rings. The largest absolute Gasteiger partial charge is 0.445 e. The zero-order chi connectivity index (χ0) is 19.3. The maximum Gasteiger partial charge on any atom is 0.410 e. The van der Waals surface area contributed by atoms with Gasteiger partial charge in [0, 0.05) is 25.2 Å². The molecule has 9 heteroatoms. The van der Waals surface area contributed by atoms with Crippen LogP contribution < -0.4 is 5.32 Å². The van der Waals surface area contributed by atoms with Gasteiger partial charge in [0.25, 0.3) is 5.92 Å². The highest BCUT2D eigenvalue weighted by Gasteiger charge is 2.46. The SMILES string of the molecule is O=C(OCc1ccc(F)cc1)N1CC[C@H](CNc2cccnn2)C(F)(F)C1. The van der Waals surface area contributed by atoms with E-state index in [1.165, 1.54) is 30.5 Å². The number of rotatable bonds is 5. The standard InChI is InChI=1S/C18H19F3N4O2/c19-15-5-3-13(4-6-15)11-27-17(26)25-9-7-14(18(20,21)12-25)10-22-16-2-1-8-23-24-16/h1-6,8,14H,7,9-12H2,(H,22,24)/t14-/m1/s1. The molecule has 1 aromatic heterocycles. The molecule has 1 aliphatic rings. The molecule has 1 aliphatic heterocycles. The minimum Gasteiger partial charge on any atom is -0.445 e. The first-order valence-electron chi connectivity index (χ1n) is 8.49. The van der Waals surface area contributed by atoms with E-state index in [9.17, 15) is 18.0 Å². The smallest absolute Gasteiger partial charge is 0.410 e. The maximum absolute atomic E-state index is 14.4. The summed E-state index contributed by atoms with van der Waals surface area (Å²) < 4.78 is 46.8. The van der Waals surface area contributed by atoms with Crippen LogP contribution in [0.2, 0.25) is 0 Å². The number of likely N-dealkylation sites (tertiary alicyclic amines) is 1. The Bertz CT molecular complexity index is 759. The highest BCUT2D eigenvalue weighted by molar-refractivity contribution is 5.68. The first kappa shape index (κ1) is 18.9. The number of hydrogen-bond donors (Lipinski definition) is 1. The van der Waals surface area contributed by atoms with Crippen LogP contribution in [0, 0.1) is 11.7 Å². The zero-order valence-electron chi connectivity index (χ0n) is 14.4. The molecule has 0 bridgehead atoms. The van der Waals surface area contributed by atoms with Gasteiger partial charge in [-0.25, -0.2) is 18.0 Å². The van der Waals surface area contributed by atoms with E-state index in [0.29, 0.717) is 11.4 Å². The number of benzene rings is 1. The summed E-state index contributed by atoms with van der Waals surface area (Å²) in [5, 5.41) is 10.3. The van der Waals surface area contributed by atoms with Crippen LogP contribution in [0.4, 0.5) is 23.8 Å². The van der Waals surface area contributed by atoms with Crippen LogP contribution >= 0.6 is 0 Å². The van der Waals surface area contributed by atoms with E-state index >= 15 is 0 Å². The first-order valence-corrected chi connectivity index (χ1v) is 8.49. The molecule has 1 amide bonds. The molecule has 0 saturated carbocycles. The normalized spacial score (nSPS) is 18.8. The quantitative estimate of drug-likeness (QED) is 0.862. The number of alkyl halides is 2. The average molecular weight is 380 g/mol. The van der Waals surface area contributed by atoms with Gasteiger partial charge in [0.1, 0.15) is 18.2 Å². The molecule has 0 unspecified atom stereocenters. The van der Waals surface area contributed by atoms with Crippen molar-refractivity contribution in [3.63, 3.8) is 0 Å². The van der Waals surface area contributed by atoms with Crippen molar-refractivity contribution in [3.8, 4) is 0 Å². The second-order valence-corrected chi connectivity index (χ2v) is 6.34. The van der Waals surface area contributed by atoms with Crippen molar-refractivity contribution in [2.75, 3.05) is 25.0 Å². The Balaban J connectivity index is 1.49. The summed E-state index contributed by atoms with van der Waals surface area (Å²) in [4.78, 5) is 13.1. The number of nitrogens with one attached hydrogen (secondary N) is 1. The molecule has 1 N–H and O–H groups in total. The fraction of sp³-hybridized carbons (Fsp3) is 0.389. The third-order valence-electron chi connectivity index (χ3n) is 4.38. The molecular formula is C18H19F3N4O2. The maximum atomic E-state index is 14.4. The van der Waals surface area contributed by atoms with Gasteiger partial charge in [-0.2, -0.15) is 5.10 Å². The number of aromatic nitrogens is 2. The molecular weight excluding hydrogens is 361 g/mol. The lowest BCUT2D eigenvalue weighted by molar-refractivity contribution is -0.101. The highest BCUT2D eigenvalue weighted by atomic mass is 19.3. The monoisotopic (exact) mass is 380 g/mol. The van der Waals surface area contributed by atoms with Gasteiger partial charge in [-0.1, -0.05) is 12.1 Å². The first-order chi connectivity index (χ1) is 12.9. The summed E-state index contributed by atoms with van der Waals surface area (Å²) in [7, 11) is 0. The molecule has 6 nitrogen and oxygen atoms in total. The summed E-state index contributed by atoms with van der Waals surface area (Å²) in [6, 6.07) is 8.74. The van der Waals surface area contributed by atoms with E-state index < -0.39 is 30.3 Å². The third kappa shape index (κ3) is 5.08. The van der Waals surface area contributed by atoms with Gasteiger partial charge in [0.2, 0.25) is 0 Å². The summed E-state index contributed by atoms with van der Waals surface area (Å²) in [6.45, 7) is -0.601. The van der Waals surface area contributed by atoms with Crippen molar-refractivity contribution in [2.45, 2.75) is 19.0 Å². The van der Waals surface area contributed by atoms with E-state index in [1.54, 1.807) is 12.1 Å². The minimum atomic E-state index is -3.05. The van der Waals surface area contributed by atoms with Gasteiger partial charge in [0.15, 0.2) is 0 Å². The summed E-state index contributed by atoms with van der Waals surface area (Å²) in [5.74, 6) is -3.96. The van der Waals surface area contributed by atoms with Gasteiger partial charge >= 0.3 is 6.09 Å². The lowest BCUT2D eigenvalue weighted by Crippen LogP contribution is -2.52. The number of amides is 1. The summed E-state index contributed by atoms with van der Waals surface area (Å²) in [5.41, 5.74) is 0.583. The van der Waals surface area contributed by atoms with Gasteiger partial charge in [-0.15, -0.1) is 5.10 Å². The number of halogens is 3. The molecule has 1 fully saturated rings. The molecule has 0 spiro atoms. The second kappa shape index (κ2) is 8.24. The lowest BCUT2D eigenvalue weighted by Gasteiger charge is -2.37. The fourth-order valence-corrected chi connectivity index (χ4v) is 2.83. The van der Waals surface area contributed by atoms with Crippen LogP contribution in [0.25, 0.3) is 0 Å². The van der Waals surface area contributed by atoms with Crippen LogP contribution in [0.5, 0.6) is 0 Å². The van der Waals surface area contributed by atoms with Crippen LogP contribution in [-0.4, -0.2) is 46.7 Å². The average Bonchev–Trinajstić information content (AvgIpc) is 2.66. The Morgan fingerprint density at radius 3 is 2.74 bits per heavy atom. The molecule has 1 saturated heterocycles. The van der Waals surface area contributed by atoms with Crippen molar-refractivity contribution in [1.29, 1.82) is 0 Å². The molecule has 0 aliphatic carbocycles. The van der Waals surface area contributed by atoms with Crippen molar-refractivity contribution in [2.24, 2.45) is 5.92 Å².